The third-order valence-corrected chi connectivity index (χ3v) is 6.79. The lowest BCUT2D eigenvalue weighted by atomic mass is 9.71. The van der Waals surface area contributed by atoms with Gasteiger partial charge in [0.15, 0.2) is 0 Å². The van der Waals surface area contributed by atoms with Gasteiger partial charge in [-0.25, -0.2) is 4.39 Å². The van der Waals surface area contributed by atoms with Gasteiger partial charge in [0.05, 0.1) is 13.0 Å². The summed E-state index contributed by atoms with van der Waals surface area (Å²) < 4.78 is 31.3. The average molecular weight is 548 g/mol. The lowest BCUT2D eigenvalue weighted by molar-refractivity contribution is -0.155. The van der Waals surface area contributed by atoms with Crippen LogP contribution in [0.2, 0.25) is 0 Å². The second-order valence-electron chi connectivity index (χ2n) is 11.6. The second kappa shape index (κ2) is 12.3. The number of carbonyl (C=O) groups is 1. The quantitative estimate of drug-likeness (QED) is 0.266. The third-order valence-electron chi connectivity index (χ3n) is 6.79. The monoisotopic (exact) mass is 547 g/mol. The highest BCUT2D eigenvalue weighted by atomic mass is 19.1. The fraction of sp³-hybridized carbons (Fsp3) is 0.406. The maximum atomic E-state index is 14.7. The molecule has 4 rings (SSSR count). The van der Waals surface area contributed by atoms with Crippen LogP contribution in [0.1, 0.15) is 57.6 Å². The molecule has 1 aromatic heterocycles. The van der Waals surface area contributed by atoms with E-state index in [2.05, 4.69) is 35.3 Å². The SMILES string of the molecule is COCC1(C)CC(c2nc(-c3ccc(F)c(CN(C)CCC(=O)OC(C)(C)C)c3)no2)=CC=C1c1ccccc1. The van der Waals surface area contributed by atoms with E-state index in [4.69, 9.17) is 14.0 Å². The first kappa shape index (κ1) is 29.4. The van der Waals surface area contributed by atoms with Crippen molar-refractivity contribution in [1.82, 2.24) is 15.0 Å². The van der Waals surface area contributed by atoms with Gasteiger partial charge >= 0.3 is 5.97 Å². The molecule has 0 bridgehead atoms. The second-order valence-corrected chi connectivity index (χ2v) is 11.6. The summed E-state index contributed by atoms with van der Waals surface area (Å²) in [4.78, 5) is 18.6. The number of esters is 1. The number of methoxy groups -OCH3 is 1. The first-order chi connectivity index (χ1) is 19.0. The number of hydrogen-bond donors (Lipinski definition) is 0. The van der Waals surface area contributed by atoms with Crippen LogP contribution in [0.3, 0.4) is 0 Å². The summed E-state index contributed by atoms with van der Waals surface area (Å²) >= 11 is 0. The molecule has 0 amide bonds. The molecule has 1 heterocycles. The van der Waals surface area contributed by atoms with E-state index in [1.807, 2.05) is 57.0 Å². The Morgan fingerprint density at radius 1 is 1.12 bits per heavy atom. The van der Waals surface area contributed by atoms with Gasteiger partial charge in [-0.1, -0.05) is 54.6 Å². The number of ether oxygens (including phenoxy) is 2. The van der Waals surface area contributed by atoms with Gasteiger partial charge in [0.2, 0.25) is 5.82 Å². The Bertz CT molecular complexity index is 1390. The van der Waals surface area contributed by atoms with Crippen molar-refractivity contribution in [2.75, 3.05) is 27.3 Å². The molecule has 2 aromatic carbocycles. The van der Waals surface area contributed by atoms with Crippen LogP contribution < -0.4 is 0 Å². The number of halogens is 1. The molecule has 1 atom stereocenters. The van der Waals surface area contributed by atoms with Crippen LogP contribution >= 0.6 is 0 Å². The molecule has 1 aliphatic rings. The molecule has 0 aliphatic heterocycles. The summed E-state index contributed by atoms with van der Waals surface area (Å²) in [5.74, 6) is 0.207. The van der Waals surface area contributed by atoms with E-state index >= 15 is 0 Å². The number of benzene rings is 2. The summed E-state index contributed by atoms with van der Waals surface area (Å²) in [6.45, 7) is 8.97. The highest BCUT2D eigenvalue weighted by Gasteiger charge is 2.35. The van der Waals surface area contributed by atoms with Gasteiger partial charge in [0, 0.05) is 42.3 Å². The lowest BCUT2D eigenvalue weighted by Crippen LogP contribution is -2.27. The maximum absolute atomic E-state index is 14.7. The zero-order valence-corrected chi connectivity index (χ0v) is 24.2. The molecule has 0 saturated carbocycles. The van der Waals surface area contributed by atoms with Gasteiger partial charge < -0.3 is 18.9 Å². The Hall–Kier alpha value is -3.62. The third kappa shape index (κ3) is 7.31. The smallest absolute Gasteiger partial charge is 0.307 e. The van der Waals surface area contributed by atoms with Crippen molar-refractivity contribution in [2.45, 2.75) is 52.7 Å². The molecule has 0 saturated heterocycles. The first-order valence-corrected chi connectivity index (χ1v) is 13.5. The topological polar surface area (TPSA) is 77.7 Å². The average Bonchev–Trinajstić information content (AvgIpc) is 3.39. The van der Waals surface area contributed by atoms with E-state index in [1.54, 1.807) is 19.2 Å². The van der Waals surface area contributed by atoms with E-state index in [0.717, 1.165) is 11.1 Å². The summed E-state index contributed by atoms with van der Waals surface area (Å²) in [7, 11) is 3.55. The number of rotatable bonds is 10. The predicted octanol–water partition coefficient (Wildman–Crippen LogP) is 6.56. The minimum atomic E-state index is -0.532. The highest BCUT2D eigenvalue weighted by Crippen LogP contribution is 2.45. The lowest BCUT2D eigenvalue weighted by Gasteiger charge is -2.34. The van der Waals surface area contributed by atoms with Crippen LogP contribution in [0.25, 0.3) is 22.5 Å². The van der Waals surface area contributed by atoms with Crippen molar-refractivity contribution in [3.05, 3.63) is 83.5 Å². The summed E-state index contributed by atoms with van der Waals surface area (Å²) in [6, 6.07) is 15.1. The summed E-state index contributed by atoms with van der Waals surface area (Å²) in [5.41, 5.74) is 3.59. The minimum absolute atomic E-state index is 0.223. The van der Waals surface area contributed by atoms with Crippen molar-refractivity contribution < 1.29 is 23.2 Å². The summed E-state index contributed by atoms with van der Waals surface area (Å²) in [6.07, 6.45) is 5.01. The Kier molecular flexibility index (Phi) is 9.01. The van der Waals surface area contributed by atoms with Gasteiger partial charge in [-0.15, -0.1) is 0 Å². The minimum Gasteiger partial charge on any atom is -0.460 e. The molecule has 3 aromatic rings. The van der Waals surface area contributed by atoms with Gasteiger partial charge in [-0.05, 0) is 63.6 Å². The molecule has 7 nitrogen and oxygen atoms in total. The van der Waals surface area contributed by atoms with E-state index in [1.165, 1.54) is 11.6 Å². The van der Waals surface area contributed by atoms with E-state index in [-0.39, 0.29) is 23.6 Å². The van der Waals surface area contributed by atoms with E-state index < -0.39 is 5.60 Å². The molecular formula is C32H38FN3O4. The van der Waals surface area contributed by atoms with Crippen LogP contribution in [0, 0.1) is 11.2 Å². The number of nitrogens with zero attached hydrogens (tertiary/aromatic N) is 3. The summed E-state index contributed by atoms with van der Waals surface area (Å²) in [5, 5.41) is 4.20. The van der Waals surface area contributed by atoms with E-state index in [0.29, 0.717) is 49.0 Å². The Morgan fingerprint density at radius 2 is 1.88 bits per heavy atom. The van der Waals surface area contributed by atoms with Crippen molar-refractivity contribution in [3.63, 3.8) is 0 Å². The largest absolute Gasteiger partial charge is 0.460 e. The van der Waals surface area contributed by atoms with Crippen molar-refractivity contribution >= 4 is 17.1 Å². The van der Waals surface area contributed by atoms with Crippen molar-refractivity contribution in [2.24, 2.45) is 5.41 Å². The number of carbonyl (C=O) groups excluding carboxylic acids is 1. The molecule has 1 unspecified atom stereocenters. The van der Waals surface area contributed by atoms with Crippen LogP contribution in [0.4, 0.5) is 4.39 Å². The van der Waals surface area contributed by atoms with Crippen LogP contribution in [0.15, 0.2) is 65.2 Å². The molecule has 8 heteroatoms. The van der Waals surface area contributed by atoms with Gasteiger partial charge in [0.1, 0.15) is 11.4 Å². The zero-order valence-electron chi connectivity index (χ0n) is 24.2. The first-order valence-electron chi connectivity index (χ1n) is 13.5. The van der Waals surface area contributed by atoms with Crippen molar-refractivity contribution in [1.29, 1.82) is 0 Å². The van der Waals surface area contributed by atoms with Gasteiger partial charge in [0.25, 0.3) is 5.89 Å². The number of hydrogen-bond acceptors (Lipinski definition) is 7. The van der Waals surface area contributed by atoms with Crippen LogP contribution in [-0.2, 0) is 20.8 Å². The molecule has 0 spiro atoms. The zero-order chi connectivity index (χ0) is 28.9. The van der Waals surface area contributed by atoms with E-state index in [9.17, 15) is 9.18 Å². The molecule has 40 heavy (non-hydrogen) atoms. The fourth-order valence-corrected chi connectivity index (χ4v) is 4.97. The Morgan fingerprint density at radius 3 is 2.58 bits per heavy atom. The van der Waals surface area contributed by atoms with Gasteiger partial charge in [-0.2, -0.15) is 4.98 Å². The molecule has 0 radical (unpaired) electrons. The van der Waals surface area contributed by atoms with Crippen LogP contribution in [-0.4, -0.2) is 53.9 Å². The normalized spacial score (nSPS) is 17.5. The number of allylic oxidation sites excluding steroid dienone is 3. The molecule has 212 valence electrons. The Labute approximate surface area is 235 Å². The van der Waals surface area contributed by atoms with Gasteiger partial charge in [-0.3, -0.25) is 4.79 Å². The Balaban J connectivity index is 1.50. The number of aromatic nitrogens is 2. The predicted molar refractivity (Wildman–Crippen MR) is 153 cm³/mol. The molecular weight excluding hydrogens is 509 g/mol. The van der Waals surface area contributed by atoms with Crippen molar-refractivity contribution in [3.8, 4) is 11.4 Å². The molecule has 0 N–H and O–H groups in total. The molecule has 0 fully saturated rings. The molecule has 1 aliphatic carbocycles. The highest BCUT2D eigenvalue weighted by molar-refractivity contribution is 5.80. The fourth-order valence-electron chi connectivity index (χ4n) is 4.97. The standard InChI is InChI=1S/C32H38FN3O4/c1-31(2,3)39-28(37)16-17-36(5)20-25-18-23(13-15-27(25)33)29-34-30(40-35-29)24-12-14-26(22-10-8-7-9-11-22)32(4,19-24)21-38-6/h7-15,18H,16-17,19-21H2,1-6H3. The maximum Gasteiger partial charge on any atom is 0.307 e. The van der Waals surface area contributed by atoms with Crippen LogP contribution in [0.5, 0.6) is 0 Å².